The van der Waals surface area contributed by atoms with E-state index in [-0.39, 0.29) is 28.6 Å². The van der Waals surface area contributed by atoms with Crippen LogP contribution in [0.3, 0.4) is 0 Å². The fourth-order valence-corrected chi connectivity index (χ4v) is 3.27. The fourth-order valence-electron chi connectivity index (χ4n) is 1.83. The summed E-state index contributed by atoms with van der Waals surface area (Å²) < 4.78 is 10.5. The lowest BCUT2D eigenvalue weighted by Crippen LogP contribution is -2.13. The van der Waals surface area contributed by atoms with Gasteiger partial charge in [-0.25, -0.2) is 4.98 Å². The topological polar surface area (TPSA) is 111 Å². The van der Waals surface area contributed by atoms with E-state index in [0.717, 1.165) is 23.1 Å². The minimum Gasteiger partial charge on any atom is -0.459 e. The number of nitrogens with one attached hydrogen (secondary N) is 1. The van der Waals surface area contributed by atoms with Crippen LogP contribution in [0.5, 0.6) is 0 Å². The number of thioether (sulfide) groups is 1. The Morgan fingerprint density at radius 1 is 1.38 bits per heavy atom. The molecular formula is C14H12N4O4S2. The smallest absolute Gasteiger partial charge is 0.284 e. The number of hydrogen-bond donors (Lipinski definition) is 1. The number of anilines is 1. The van der Waals surface area contributed by atoms with Crippen LogP contribution in [-0.2, 0) is 4.79 Å². The lowest BCUT2D eigenvalue weighted by Gasteiger charge is -1.98. The molecule has 1 amide bonds. The highest BCUT2D eigenvalue weighted by atomic mass is 32.2. The Hall–Kier alpha value is -2.46. The molecule has 0 saturated heterocycles. The molecule has 0 aliphatic heterocycles. The van der Waals surface area contributed by atoms with Crippen LogP contribution < -0.4 is 5.32 Å². The second-order valence-electron chi connectivity index (χ2n) is 4.68. The molecule has 3 heterocycles. The highest BCUT2D eigenvalue weighted by molar-refractivity contribution is 7.99. The largest absolute Gasteiger partial charge is 0.459 e. The number of amides is 1. The molecule has 3 rings (SSSR count). The Labute approximate surface area is 144 Å². The van der Waals surface area contributed by atoms with Crippen LogP contribution in [0.25, 0.3) is 11.7 Å². The van der Waals surface area contributed by atoms with E-state index in [1.807, 2.05) is 0 Å². The van der Waals surface area contributed by atoms with E-state index in [1.165, 1.54) is 13.2 Å². The number of aryl methyl sites for hydroxylation is 1. The Morgan fingerprint density at radius 2 is 2.21 bits per heavy atom. The standard InChI is InChI=1S/C14H12N4O4S2/c1-7-11(8(2)19)24-13(15-7)16-10(20)6-23-14-18-17-12(22-14)9-4-3-5-21-9/h3-5H,6H2,1-2H3,(H,15,16,20). The Morgan fingerprint density at radius 3 is 2.88 bits per heavy atom. The Balaban J connectivity index is 1.56. The maximum absolute atomic E-state index is 12.0. The number of Topliss-reactive ketones (excluding diaryl/α,β-unsaturated/α-hetero) is 1. The summed E-state index contributed by atoms with van der Waals surface area (Å²) in [5, 5.41) is 11.0. The van der Waals surface area contributed by atoms with Gasteiger partial charge in [-0.05, 0) is 19.1 Å². The third kappa shape index (κ3) is 3.71. The molecule has 24 heavy (non-hydrogen) atoms. The van der Waals surface area contributed by atoms with Crippen molar-refractivity contribution >= 4 is 39.9 Å². The quantitative estimate of drug-likeness (QED) is 0.525. The van der Waals surface area contributed by atoms with E-state index in [0.29, 0.717) is 21.5 Å². The van der Waals surface area contributed by atoms with Gasteiger partial charge in [0.25, 0.3) is 11.1 Å². The van der Waals surface area contributed by atoms with Crippen molar-refractivity contribution in [3.05, 3.63) is 29.0 Å². The molecule has 0 spiro atoms. The SMILES string of the molecule is CC(=O)c1sc(NC(=O)CSc2nnc(-c3ccco3)o2)nc1C. The number of thiazole rings is 1. The van der Waals surface area contributed by atoms with Crippen LogP contribution in [0.4, 0.5) is 5.13 Å². The molecule has 0 radical (unpaired) electrons. The zero-order valence-electron chi connectivity index (χ0n) is 12.7. The second kappa shape index (κ2) is 6.97. The van der Waals surface area contributed by atoms with E-state index in [4.69, 9.17) is 8.83 Å². The average molecular weight is 364 g/mol. The van der Waals surface area contributed by atoms with Crippen LogP contribution in [0.1, 0.15) is 22.3 Å². The first-order valence-corrected chi connectivity index (χ1v) is 8.61. The van der Waals surface area contributed by atoms with Gasteiger partial charge in [-0.3, -0.25) is 9.59 Å². The predicted molar refractivity (Wildman–Crippen MR) is 88.2 cm³/mol. The van der Waals surface area contributed by atoms with Crippen molar-refractivity contribution in [1.82, 2.24) is 15.2 Å². The number of hydrogen-bond acceptors (Lipinski definition) is 9. The maximum atomic E-state index is 12.0. The first-order chi connectivity index (χ1) is 11.5. The van der Waals surface area contributed by atoms with Crippen molar-refractivity contribution in [2.75, 3.05) is 11.1 Å². The molecule has 0 atom stereocenters. The Bertz CT molecular complexity index is 869. The highest BCUT2D eigenvalue weighted by Gasteiger charge is 2.15. The van der Waals surface area contributed by atoms with Gasteiger partial charge in [-0.2, -0.15) is 0 Å². The fraction of sp³-hybridized carbons (Fsp3) is 0.214. The molecule has 0 aromatic carbocycles. The number of furan rings is 1. The first kappa shape index (κ1) is 16.4. The van der Waals surface area contributed by atoms with Gasteiger partial charge in [0.1, 0.15) is 0 Å². The number of ketones is 1. The van der Waals surface area contributed by atoms with E-state index in [9.17, 15) is 9.59 Å². The predicted octanol–water partition coefficient (Wildman–Crippen LogP) is 3.03. The monoisotopic (exact) mass is 364 g/mol. The van der Waals surface area contributed by atoms with E-state index in [1.54, 1.807) is 19.1 Å². The maximum Gasteiger partial charge on any atom is 0.284 e. The third-order valence-electron chi connectivity index (χ3n) is 2.83. The summed E-state index contributed by atoms with van der Waals surface area (Å²) in [4.78, 5) is 28.0. The summed E-state index contributed by atoms with van der Waals surface area (Å²) in [6.45, 7) is 3.19. The van der Waals surface area contributed by atoms with E-state index < -0.39 is 0 Å². The van der Waals surface area contributed by atoms with Gasteiger partial charge in [-0.1, -0.05) is 23.1 Å². The number of nitrogens with zero attached hydrogens (tertiary/aromatic N) is 3. The van der Waals surface area contributed by atoms with Gasteiger partial charge in [0.05, 0.1) is 22.6 Å². The minimum absolute atomic E-state index is 0.0730. The van der Waals surface area contributed by atoms with Gasteiger partial charge in [0.15, 0.2) is 16.7 Å². The molecule has 0 aliphatic carbocycles. The molecule has 0 saturated carbocycles. The van der Waals surface area contributed by atoms with Crippen LogP contribution in [0.15, 0.2) is 32.5 Å². The summed E-state index contributed by atoms with van der Waals surface area (Å²) in [6.07, 6.45) is 1.51. The molecule has 10 heteroatoms. The van der Waals surface area contributed by atoms with Gasteiger partial charge in [0, 0.05) is 6.92 Å². The van der Waals surface area contributed by atoms with Gasteiger partial charge < -0.3 is 14.2 Å². The average Bonchev–Trinajstić information content (AvgIpc) is 3.25. The summed E-state index contributed by atoms with van der Waals surface area (Å²) in [6, 6.07) is 3.41. The Kier molecular flexibility index (Phi) is 4.76. The lowest BCUT2D eigenvalue weighted by molar-refractivity contribution is -0.113. The molecule has 0 bridgehead atoms. The summed E-state index contributed by atoms with van der Waals surface area (Å²) in [5.74, 6) is 0.449. The normalized spacial score (nSPS) is 10.8. The summed E-state index contributed by atoms with van der Waals surface area (Å²) in [7, 11) is 0. The molecule has 3 aromatic rings. The third-order valence-corrected chi connectivity index (χ3v) is 4.82. The highest BCUT2D eigenvalue weighted by Crippen LogP contribution is 2.25. The van der Waals surface area contributed by atoms with Crippen LogP contribution in [0, 0.1) is 6.92 Å². The number of carbonyl (C=O) groups is 2. The van der Waals surface area contributed by atoms with Crippen molar-refractivity contribution in [1.29, 1.82) is 0 Å². The van der Waals surface area contributed by atoms with Crippen molar-refractivity contribution in [2.24, 2.45) is 0 Å². The zero-order chi connectivity index (χ0) is 17.1. The molecule has 0 aliphatic rings. The summed E-state index contributed by atoms with van der Waals surface area (Å²) >= 11 is 2.25. The zero-order valence-corrected chi connectivity index (χ0v) is 14.4. The second-order valence-corrected chi connectivity index (χ2v) is 6.60. The van der Waals surface area contributed by atoms with E-state index in [2.05, 4.69) is 20.5 Å². The summed E-state index contributed by atoms with van der Waals surface area (Å²) in [5.41, 5.74) is 0.607. The van der Waals surface area contributed by atoms with Crippen molar-refractivity contribution in [3.63, 3.8) is 0 Å². The van der Waals surface area contributed by atoms with Crippen molar-refractivity contribution < 1.29 is 18.4 Å². The molecule has 1 N–H and O–H groups in total. The number of carbonyl (C=O) groups excluding carboxylic acids is 2. The van der Waals surface area contributed by atoms with Gasteiger partial charge in [0.2, 0.25) is 5.91 Å². The van der Waals surface area contributed by atoms with E-state index >= 15 is 0 Å². The van der Waals surface area contributed by atoms with Crippen molar-refractivity contribution in [2.45, 2.75) is 19.1 Å². The van der Waals surface area contributed by atoms with Gasteiger partial charge >= 0.3 is 0 Å². The van der Waals surface area contributed by atoms with Crippen molar-refractivity contribution in [3.8, 4) is 11.7 Å². The molecule has 0 fully saturated rings. The molecular weight excluding hydrogens is 352 g/mol. The molecule has 3 aromatic heterocycles. The van der Waals surface area contributed by atoms with Gasteiger partial charge in [-0.15, -0.1) is 10.2 Å². The first-order valence-electron chi connectivity index (χ1n) is 6.81. The van der Waals surface area contributed by atoms with Crippen LogP contribution in [0.2, 0.25) is 0 Å². The molecule has 8 nitrogen and oxygen atoms in total. The van der Waals surface area contributed by atoms with Crippen LogP contribution in [-0.4, -0.2) is 32.6 Å². The number of aromatic nitrogens is 3. The number of rotatable bonds is 6. The minimum atomic E-state index is -0.276. The lowest BCUT2D eigenvalue weighted by atomic mass is 10.3. The molecule has 0 unspecified atom stereocenters. The molecule has 124 valence electrons. The van der Waals surface area contributed by atoms with Crippen LogP contribution >= 0.6 is 23.1 Å².